The average molecular weight is 401 g/mol. The summed E-state index contributed by atoms with van der Waals surface area (Å²) in [5, 5.41) is 0. The molecule has 0 saturated carbocycles. The topological polar surface area (TPSA) is 76.3 Å². The first-order valence-corrected chi connectivity index (χ1v) is 10.6. The summed E-state index contributed by atoms with van der Waals surface area (Å²) < 4.78 is 46.1. The van der Waals surface area contributed by atoms with Gasteiger partial charge in [-0.25, -0.2) is 17.8 Å². The van der Waals surface area contributed by atoms with Gasteiger partial charge in [0.1, 0.15) is 16.5 Å². The summed E-state index contributed by atoms with van der Waals surface area (Å²) in [6.45, 7) is 0.796. The third-order valence-electron chi connectivity index (χ3n) is 4.87. The number of pyridine rings is 1. The van der Waals surface area contributed by atoms with Crippen LogP contribution in [0.2, 0.25) is 0 Å². The number of hydrogen-bond donors (Lipinski definition) is 0. The molecule has 0 unspecified atom stereocenters. The summed E-state index contributed by atoms with van der Waals surface area (Å²) in [7, 11) is -3.58. The van der Waals surface area contributed by atoms with Gasteiger partial charge in [0, 0.05) is 37.8 Å². The molecule has 0 aliphatic carbocycles. The van der Waals surface area contributed by atoms with Gasteiger partial charge >= 0.3 is 0 Å². The molecule has 6 nitrogen and oxygen atoms in total. The molecule has 0 amide bonds. The van der Waals surface area contributed by atoms with Crippen molar-refractivity contribution in [2.24, 2.45) is 0 Å². The van der Waals surface area contributed by atoms with Crippen LogP contribution in [0.5, 0.6) is 0 Å². The molecule has 1 aliphatic heterocycles. The number of benzene rings is 1. The van der Waals surface area contributed by atoms with Crippen molar-refractivity contribution in [2.45, 2.75) is 30.1 Å². The Balaban J connectivity index is 1.48. The smallest absolute Gasteiger partial charge is 0.244 e. The van der Waals surface area contributed by atoms with E-state index in [9.17, 15) is 12.8 Å². The van der Waals surface area contributed by atoms with Gasteiger partial charge in [0.25, 0.3) is 0 Å². The quantitative estimate of drug-likeness (QED) is 0.655. The van der Waals surface area contributed by atoms with E-state index in [0.29, 0.717) is 31.2 Å². The molecule has 0 spiro atoms. The lowest BCUT2D eigenvalue weighted by Crippen LogP contribution is -2.39. The predicted octanol–water partition coefficient (Wildman–Crippen LogP) is 3.37. The lowest BCUT2D eigenvalue weighted by atomic mass is 10.00. The van der Waals surface area contributed by atoms with Crippen LogP contribution in [0.15, 0.2) is 64.3 Å². The molecular weight excluding hydrogens is 381 g/mol. The maximum atomic E-state index is 13.0. The van der Waals surface area contributed by atoms with Crippen molar-refractivity contribution < 1.29 is 17.2 Å². The maximum absolute atomic E-state index is 13.0. The van der Waals surface area contributed by atoms with Gasteiger partial charge in [-0.15, -0.1) is 0 Å². The minimum absolute atomic E-state index is 0.0952. The summed E-state index contributed by atoms with van der Waals surface area (Å²) in [4.78, 5) is 8.47. The third-order valence-corrected chi connectivity index (χ3v) is 6.72. The van der Waals surface area contributed by atoms with Crippen molar-refractivity contribution in [3.8, 4) is 0 Å². The van der Waals surface area contributed by atoms with E-state index in [2.05, 4.69) is 9.97 Å². The first-order valence-electron chi connectivity index (χ1n) is 9.11. The highest BCUT2D eigenvalue weighted by Crippen LogP contribution is 2.30. The van der Waals surface area contributed by atoms with Crippen molar-refractivity contribution in [1.29, 1.82) is 0 Å². The van der Waals surface area contributed by atoms with E-state index in [1.54, 1.807) is 36.7 Å². The fourth-order valence-corrected chi connectivity index (χ4v) is 4.90. The largest absolute Gasteiger partial charge is 0.445 e. The van der Waals surface area contributed by atoms with Gasteiger partial charge in [-0.1, -0.05) is 12.1 Å². The Morgan fingerprint density at radius 1 is 1.18 bits per heavy atom. The van der Waals surface area contributed by atoms with E-state index in [0.717, 1.165) is 18.4 Å². The van der Waals surface area contributed by atoms with Crippen LogP contribution in [0.25, 0.3) is 0 Å². The zero-order valence-electron chi connectivity index (χ0n) is 15.2. The first-order chi connectivity index (χ1) is 13.5. The number of nitrogens with zero attached hydrogens (tertiary/aromatic N) is 3. The van der Waals surface area contributed by atoms with E-state index in [1.165, 1.54) is 22.6 Å². The minimum Gasteiger partial charge on any atom is -0.445 e. The molecule has 1 aromatic carbocycles. The highest BCUT2D eigenvalue weighted by Gasteiger charge is 2.33. The Bertz CT molecular complexity index is 1040. The molecule has 8 heteroatoms. The van der Waals surface area contributed by atoms with Crippen molar-refractivity contribution in [1.82, 2.24) is 14.3 Å². The number of aromatic nitrogens is 2. The maximum Gasteiger partial charge on any atom is 0.244 e. The highest BCUT2D eigenvalue weighted by molar-refractivity contribution is 7.89. The van der Waals surface area contributed by atoms with Crippen LogP contribution in [0, 0.1) is 5.82 Å². The van der Waals surface area contributed by atoms with Crippen LogP contribution < -0.4 is 0 Å². The minimum atomic E-state index is -3.58. The molecule has 0 N–H and O–H groups in total. The lowest BCUT2D eigenvalue weighted by molar-refractivity contribution is 0.281. The van der Waals surface area contributed by atoms with Crippen molar-refractivity contribution in [2.75, 3.05) is 13.1 Å². The van der Waals surface area contributed by atoms with Crippen molar-refractivity contribution in [3.63, 3.8) is 0 Å². The van der Waals surface area contributed by atoms with Crippen LogP contribution in [-0.2, 0) is 16.4 Å². The van der Waals surface area contributed by atoms with Crippen LogP contribution in [0.1, 0.15) is 36.0 Å². The van der Waals surface area contributed by atoms with Gasteiger partial charge in [-0.3, -0.25) is 4.98 Å². The molecular formula is C20H20FN3O3S. The van der Waals surface area contributed by atoms with E-state index < -0.39 is 10.0 Å². The number of halogens is 1. The fraction of sp³-hybridized carbons (Fsp3) is 0.300. The Hall–Kier alpha value is -2.58. The van der Waals surface area contributed by atoms with E-state index in [-0.39, 0.29) is 16.6 Å². The van der Waals surface area contributed by atoms with Crippen LogP contribution in [0.3, 0.4) is 0 Å². The van der Waals surface area contributed by atoms with Crippen LogP contribution >= 0.6 is 0 Å². The number of sulfonamides is 1. The summed E-state index contributed by atoms with van der Waals surface area (Å²) in [5.74, 6) is 0.846. The SMILES string of the molecule is O=S(=O)(c1cccnc1)N1CCC[C@@H](c2ncc(Cc3ccc(F)cc3)o2)C1. The lowest BCUT2D eigenvalue weighted by Gasteiger charge is -2.30. The van der Waals surface area contributed by atoms with Gasteiger partial charge in [-0.2, -0.15) is 4.31 Å². The zero-order chi connectivity index (χ0) is 19.6. The average Bonchev–Trinajstić information content (AvgIpc) is 3.19. The molecule has 1 fully saturated rings. The second-order valence-corrected chi connectivity index (χ2v) is 8.80. The third kappa shape index (κ3) is 3.98. The van der Waals surface area contributed by atoms with Crippen molar-refractivity contribution in [3.05, 3.63) is 78.0 Å². The van der Waals surface area contributed by atoms with Gasteiger partial charge in [-0.05, 0) is 42.7 Å². The molecule has 3 aromatic rings. The molecule has 1 aliphatic rings. The van der Waals surface area contributed by atoms with Gasteiger partial charge in [0.2, 0.25) is 10.0 Å². The summed E-state index contributed by atoms with van der Waals surface area (Å²) in [6.07, 6.45) is 6.64. The number of piperidine rings is 1. The number of rotatable bonds is 5. The predicted molar refractivity (Wildman–Crippen MR) is 101 cm³/mol. The number of oxazole rings is 1. The van der Waals surface area contributed by atoms with E-state index in [1.807, 2.05) is 0 Å². The molecule has 2 aromatic heterocycles. The Labute approximate surface area is 163 Å². The number of hydrogen-bond acceptors (Lipinski definition) is 5. The van der Waals surface area contributed by atoms with E-state index in [4.69, 9.17) is 4.42 Å². The monoisotopic (exact) mass is 401 g/mol. The summed E-state index contributed by atoms with van der Waals surface area (Å²) in [5.41, 5.74) is 0.925. The van der Waals surface area contributed by atoms with Gasteiger partial charge in [0.05, 0.1) is 6.20 Å². The molecule has 1 saturated heterocycles. The first kappa shape index (κ1) is 18.8. The van der Waals surface area contributed by atoms with E-state index >= 15 is 0 Å². The summed E-state index contributed by atoms with van der Waals surface area (Å²) in [6, 6.07) is 9.41. The van der Waals surface area contributed by atoms with Crippen molar-refractivity contribution >= 4 is 10.0 Å². The Morgan fingerprint density at radius 3 is 2.75 bits per heavy atom. The van der Waals surface area contributed by atoms with Gasteiger partial charge < -0.3 is 4.42 Å². The normalized spacial score (nSPS) is 18.2. The zero-order valence-corrected chi connectivity index (χ0v) is 16.0. The highest BCUT2D eigenvalue weighted by atomic mass is 32.2. The fourth-order valence-electron chi connectivity index (χ4n) is 3.41. The van der Waals surface area contributed by atoms with Gasteiger partial charge in [0.15, 0.2) is 5.89 Å². The van der Waals surface area contributed by atoms with Crippen LogP contribution in [0.4, 0.5) is 4.39 Å². The molecule has 3 heterocycles. The van der Waals surface area contributed by atoms with Crippen LogP contribution in [-0.4, -0.2) is 35.8 Å². The Morgan fingerprint density at radius 2 is 2.00 bits per heavy atom. The summed E-state index contributed by atoms with van der Waals surface area (Å²) >= 11 is 0. The molecule has 0 radical (unpaired) electrons. The molecule has 0 bridgehead atoms. The second kappa shape index (κ2) is 7.81. The standard InChI is InChI=1S/C20H20FN3O3S/c21-17-7-5-15(6-8-17)11-18-12-23-20(27-18)16-3-2-10-24(14-16)28(25,26)19-4-1-9-22-13-19/h1,4-9,12-13,16H,2-3,10-11,14H2/t16-/m1/s1. The Kier molecular flexibility index (Phi) is 5.23. The molecule has 4 rings (SSSR count). The molecule has 146 valence electrons. The molecule has 1 atom stereocenters. The molecule has 28 heavy (non-hydrogen) atoms. The second-order valence-electron chi connectivity index (χ2n) is 6.86.